The summed E-state index contributed by atoms with van der Waals surface area (Å²) >= 11 is 0. The Hall–Kier alpha value is -2.70. The number of rotatable bonds is 13. The molecule has 0 radical (unpaired) electrons. The number of carbonyl (C=O) groups is 3. The number of methoxy groups -OCH3 is 1. The van der Waals surface area contributed by atoms with Crippen LogP contribution in [0.15, 0.2) is 24.5 Å². The standard InChI is InChI=1S/C23H35N3O4/c1-5-7-11-20-17-26(15-13-19(20)10-6-2)14-9-8-12-21(23(29)30-4)25-22(28)16-24-18(3)27/h7,11,13,15,17,21H,5-6,8-10,12,14,16H2,1-4H3,(H-,24,25,27,28)/p+1/b11-7-/t21-/m0/s1. The second-order valence-corrected chi connectivity index (χ2v) is 7.27. The van der Waals surface area contributed by atoms with Gasteiger partial charge in [-0.3, -0.25) is 9.59 Å². The minimum atomic E-state index is -0.712. The zero-order valence-electron chi connectivity index (χ0n) is 18.7. The highest BCUT2D eigenvalue weighted by molar-refractivity contribution is 5.87. The molecule has 2 N–H and O–H groups in total. The summed E-state index contributed by atoms with van der Waals surface area (Å²) in [4.78, 5) is 34.8. The number of aryl methyl sites for hydroxylation is 2. The molecule has 0 aromatic carbocycles. The largest absolute Gasteiger partial charge is 0.467 e. The van der Waals surface area contributed by atoms with Crippen LogP contribution in [0.25, 0.3) is 6.08 Å². The SMILES string of the molecule is CC/C=C\c1c[n+](CCCC[C@H](NC(=O)CNC(C)=O)C(=O)OC)ccc1CCC. The molecule has 0 aliphatic rings. The van der Waals surface area contributed by atoms with Crippen LogP contribution >= 0.6 is 0 Å². The van der Waals surface area contributed by atoms with E-state index in [1.165, 1.54) is 25.2 Å². The fraction of sp³-hybridized carbons (Fsp3) is 0.565. The third kappa shape index (κ3) is 9.67. The van der Waals surface area contributed by atoms with Crippen molar-refractivity contribution in [3.05, 3.63) is 35.7 Å². The molecule has 1 heterocycles. The maximum Gasteiger partial charge on any atom is 0.328 e. The van der Waals surface area contributed by atoms with Gasteiger partial charge in [-0.1, -0.05) is 32.4 Å². The second-order valence-electron chi connectivity index (χ2n) is 7.27. The van der Waals surface area contributed by atoms with Gasteiger partial charge in [0.05, 0.1) is 13.7 Å². The number of hydrogen-bond acceptors (Lipinski definition) is 4. The Bertz CT molecular complexity index is 731. The summed E-state index contributed by atoms with van der Waals surface area (Å²) in [7, 11) is 1.30. The molecule has 7 heteroatoms. The summed E-state index contributed by atoms with van der Waals surface area (Å²) < 4.78 is 6.95. The average Bonchev–Trinajstić information content (AvgIpc) is 2.73. The second kappa shape index (κ2) is 14.3. The molecule has 2 amide bonds. The Kier molecular flexibility index (Phi) is 12.1. The van der Waals surface area contributed by atoms with E-state index in [9.17, 15) is 14.4 Å². The summed E-state index contributed by atoms with van der Waals surface area (Å²) in [6.45, 7) is 6.31. The molecule has 0 aliphatic heterocycles. The van der Waals surface area contributed by atoms with Crippen molar-refractivity contribution in [2.45, 2.75) is 71.9 Å². The van der Waals surface area contributed by atoms with Gasteiger partial charge in [-0.05, 0) is 31.2 Å². The Labute approximate surface area is 179 Å². The molecule has 30 heavy (non-hydrogen) atoms. The summed E-state index contributed by atoms with van der Waals surface area (Å²) in [5.74, 6) is -1.18. The number of nitrogens with zero attached hydrogens (tertiary/aromatic N) is 1. The van der Waals surface area contributed by atoms with E-state index in [2.05, 4.69) is 59.7 Å². The third-order valence-electron chi connectivity index (χ3n) is 4.67. The molecule has 166 valence electrons. The highest BCUT2D eigenvalue weighted by atomic mass is 16.5. The number of nitrogens with one attached hydrogen (secondary N) is 2. The number of pyridine rings is 1. The number of amides is 2. The molecule has 0 bridgehead atoms. The number of unbranched alkanes of at least 4 members (excludes halogenated alkanes) is 1. The van der Waals surface area contributed by atoms with Crippen LogP contribution in [0.5, 0.6) is 0 Å². The topological polar surface area (TPSA) is 88.4 Å². The quantitative estimate of drug-likeness (QED) is 0.292. The number of ether oxygens (including phenoxy) is 1. The normalized spacial score (nSPS) is 11.9. The van der Waals surface area contributed by atoms with Crippen LogP contribution in [0, 0.1) is 0 Å². The minimum absolute atomic E-state index is 0.156. The van der Waals surface area contributed by atoms with Crippen molar-refractivity contribution in [1.82, 2.24) is 10.6 Å². The number of esters is 1. The predicted molar refractivity (Wildman–Crippen MR) is 116 cm³/mol. The molecule has 0 spiro atoms. The van der Waals surface area contributed by atoms with Gasteiger partial charge in [0.1, 0.15) is 12.6 Å². The number of aromatic nitrogens is 1. The van der Waals surface area contributed by atoms with Gasteiger partial charge in [0.15, 0.2) is 12.4 Å². The van der Waals surface area contributed by atoms with E-state index in [-0.39, 0.29) is 12.5 Å². The predicted octanol–water partition coefficient (Wildman–Crippen LogP) is 2.31. The van der Waals surface area contributed by atoms with Crippen LogP contribution in [0.1, 0.15) is 64.0 Å². The van der Waals surface area contributed by atoms with E-state index in [0.29, 0.717) is 6.42 Å². The lowest BCUT2D eigenvalue weighted by Gasteiger charge is -2.16. The smallest absolute Gasteiger partial charge is 0.328 e. The molecule has 0 saturated heterocycles. The number of carbonyl (C=O) groups excluding carboxylic acids is 3. The Morgan fingerprint density at radius 3 is 2.63 bits per heavy atom. The highest BCUT2D eigenvalue weighted by Gasteiger charge is 2.21. The van der Waals surface area contributed by atoms with Crippen molar-refractivity contribution in [2.75, 3.05) is 13.7 Å². The van der Waals surface area contributed by atoms with Crippen LogP contribution in [-0.4, -0.2) is 37.5 Å². The number of hydrogen-bond donors (Lipinski definition) is 2. The summed E-state index contributed by atoms with van der Waals surface area (Å²) in [5.41, 5.74) is 2.60. The van der Waals surface area contributed by atoms with E-state index in [1.54, 1.807) is 0 Å². The summed E-state index contributed by atoms with van der Waals surface area (Å²) in [6.07, 6.45) is 13.9. The monoisotopic (exact) mass is 418 g/mol. The van der Waals surface area contributed by atoms with Gasteiger partial charge in [-0.15, -0.1) is 0 Å². The van der Waals surface area contributed by atoms with E-state index in [4.69, 9.17) is 4.74 Å². The Balaban J connectivity index is 2.61. The van der Waals surface area contributed by atoms with Crippen molar-refractivity contribution in [1.29, 1.82) is 0 Å². The van der Waals surface area contributed by atoms with Crippen molar-refractivity contribution in [2.24, 2.45) is 0 Å². The van der Waals surface area contributed by atoms with Crippen molar-refractivity contribution < 1.29 is 23.7 Å². The van der Waals surface area contributed by atoms with Crippen molar-refractivity contribution >= 4 is 23.9 Å². The fourth-order valence-electron chi connectivity index (χ4n) is 3.10. The first-order chi connectivity index (χ1) is 14.4. The lowest BCUT2D eigenvalue weighted by atomic mass is 10.0. The van der Waals surface area contributed by atoms with Gasteiger partial charge in [0, 0.05) is 25.0 Å². The van der Waals surface area contributed by atoms with Gasteiger partial charge >= 0.3 is 5.97 Å². The maximum absolute atomic E-state index is 12.0. The van der Waals surface area contributed by atoms with Crippen molar-refractivity contribution in [3.8, 4) is 0 Å². The van der Waals surface area contributed by atoms with Crippen LogP contribution in [-0.2, 0) is 32.1 Å². The van der Waals surface area contributed by atoms with Gasteiger partial charge in [-0.25, -0.2) is 9.36 Å². The first-order valence-corrected chi connectivity index (χ1v) is 10.7. The minimum Gasteiger partial charge on any atom is -0.467 e. The van der Waals surface area contributed by atoms with Gasteiger partial charge in [-0.2, -0.15) is 0 Å². The maximum atomic E-state index is 12.0. The van der Waals surface area contributed by atoms with Gasteiger partial charge in [0.2, 0.25) is 11.8 Å². The zero-order chi connectivity index (χ0) is 22.4. The van der Waals surface area contributed by atoms with E-state index in [1.807, 2.05) is 0 Å². The fourth-order valence-corrected chi connectivity index (χ4v) is 3.10. The third-order valence-corrected chi connectivity index (χ3v) is 4.67. The summed E-state index contributed by atoms with van der Waals surface area (Å²) in [5, 5.41) is 5.05. The first kappa shape index (κ1) is 25.3. The molecule has 1 aromatic heterocycles. The molecule has 1 rings (SSSR count). The van der Waals surface area contributed by atoms with Crippen LogP contribution in [0.3, 0.4) is 0 Å². The Morgan fingerprint density at radius 1 is 1.23 bits per heavy atom. The molecule has 7 nitrogen and oxygen atoms in total. The van der Waals surface area contributed by atoms with E-state index in [0.717, 1.165) is 38.6 Å². The zero-order valence-corrected chi connectivity index (χ0v) is 18.7. The molecule has 1 aromatic rings. The van der Waals surface area contributed by atoms with E-state index < -0.39 is 17.9 Å². The average molecular weight is 419 g/mol. The molecule has 0 saturated carbocycles. The molecule has 0 aliphatic carbocycles. The van der Waals surface area contributed by atoms with Gasteiger partial charge < -0.3 is 15.4 Å². The summed E-state index contributed by atoms with van der Waals surface area (Å²) in [6, 6.07) is 1.47. The van der Waals surface area contributed by atoms with Crippen molar-refractivity contribution in [3.63, 3.8) is 0 Å². The number of allylic oxidation sites excluding steroid dienone is 1. The lowest BCUT2D eigenvalue weighted by molar-refractivity contribution is -0.697. The first-order valence-electron chi connectivity index (χ1n) is 10.7. The molecule has 0 fully saturated rings. The van der Waals surface area contributed by atoms with Crippen LogP contribution < -0.4 is 15.2 Å². The molecular weight excluding hydrogens is 382 g/mol. The van der Waals surface area contributed by atoms with Crippen LogP contribution in [0.2, 0.25) is 0 Å². The highest BCUT2D eigenvalue weighted by Crippen LogP contribution is 2.12. The Morgan fingerprint density at radius 2 is 2.00 bits per heavy atom. The van der Waals surface area contributed by atoms with Crippen LogP contribution in [0.4, 0.5) is 0 Å². The van der Waals surface area contributed by atoms with Gasteiger partial charge in [0.25, 0.3) is 0 Å². The van der Waals surface area contributed by atoms with E-state index >= 15 is 0 Å². The molecule has 0 unspecified atom stereocenters. The molecule has 1 atom stereocenters. The lowest BCUT2D eigenvalue weighted by Crippen LogP contribution is -2.45. The molecular formula is C23H36N3O4+.